The third kappa shape index (κ3) is 7.00. The van der Waals surface area contributed by atoms with Gasteiger partial charge in [0.25, 0.3) is 5.91 Å². The van der Waals surface area contributed by atoms with Crippen molar-refractivity contribution < 1.29 is 19.4 Å². The van der Waals surface area contributed by atoms with E-state index in [0.717, 1.165) is 71.3 Å². The van der Waals surface area contributed by atoms with Crippen molar-refractivity contribution in [3.63, 3.8) is 0 Å². The van der Waals surface area contributed by atoms with Gasteiger partial charge in [0.1, 0.15) is 5.69 Å². The maximum absolute atomic E-state index is 12.9. The van der Waals surface area contributed by atoms with E-state index in [2.05, 4.69) is 32.1 Å². The molecule has 4 heterocycles. The van der Waals surface area contributed by atoms with E-state index in [1.807, 2.05) is 102 Å². The van der Waals surface area contributed by atoms with Crippen LogP contribution in [0.2, 0.25) is 0 Å². The standard InChI is InChI=1S/C41H42N6O5/c1-26-37(24-46-20-18-31(19-21-46)47-36-9-5-4-8-34(36)45-41(47)50)51-40(52-38(26)29-14-12-28(25-48)13-15-29)30-16-10-27(11-17-30)22-43-39(49)35-23-42-32-6-2-3-7-33(32)44-35/h2-17,23,26,31,37-38,40,48H,18-22,24-25H2,1H3,(H,43,49)(H,45,50). The monoisotopic (exact) mass is 698 g/mol. The first-order chi connectivity index (χ1) is 25.4. The molecular formula is C41H42N6O5. The number of aliphatic hydroxyl groups is 1. The van der Waals surface area contributed by atoms with Crippen LogP contribution in [-0.2, 0) is 22.6 Å². The van der Waals surface area contributed by atoms with Gasteiger partial charge in [0.2, 0.25) is 0 Å². The van der Waals surface area contributed by atoms with Gasteiger partial charge in [-0.2, -0.15) is 0 Å². The highest BCUT2D eigenvalue weighted by Gasteiger charge is 2.39. The number of fused-ring (bicyclic) bond motifs is 2. The zero-order chi connectivity index (χ0) is 35.6. The number of carbonyl (C=O) groups is 1. The average Bonchev–Trinajstić information content (AvgIpc) is 3.53. The lowest BCUT2D eigenvalue weighted by Crippen LogP contribution is -2.47. The fourth-order valence-electron chi connectivity index (χ4n) is 7.51. The zero-order valence-corrected chi connectivity index (χ0v) is 29.0. The minimum absolute atomic E-state index is 0.0151. The Balaban J connectivity index is 0.952. The number of aromatic amines is 1. The summed E-state index contributed by atoms with van der Waals surface area (Å²) in [6, 6.07) is 31.4. The molecule has 0 spiro atoms. The molecule has 4 unspecified atom stereocenters. The molecule has 0 saturated carbocycles. The molecule has 0 bridgehead atoms. The van der Waals surface area contributed by atoms with Crippen LogP contribution in [0.25, 0.3) is 22.1 Å². The lowest BCUT2D eigenvalue weighted by atomic mass is 9.89. The Bertz CT molecular complexity index is 2230. The second-order valence-electron chi connectivity index (χ2n) is 13.8. The molecule has 2 saturated heterocycles. The Morgan fingerprint density at radius 3 is 2.35 bits per heavy atom. The van der Waals surface area contributed by atoms with Crippen molar-refractivity contribution in [3.8, 4) is 0 Å². The number of hydrogen-bond donors (Lipinski definition) is 3. The van der Waals surface area contributed by atoms with E-state index < -0.39 is 6.29 Å². The Hall–Kier alpha value is -5.20. The third-order valence-electron chi connectivity index (χ3n) is 10.5. The molecule has 2 aliphatic heterocycles. The number of amides is 1. The molecule has 11 nitrogen and oxygen atoms in total. The number of ether oxygens (including phenoxy) is 2. The van der Waals surface area contributed by atoms with Crippen molar-refractivity contribution in [1.82, 2.24) is 29.7 Å². The number of imidazole rings is 1. The maximum atomic E-state index is 12.9. The number of H-pyrrole nitrogens is 1. The van der Waals surface area contributed by atoms with Gasteiger partial charge in [-0.15, -0.1) is 0 Å². The summed E-state index contributed by atoms with van der Waals surface area (Å²) in [6.07, 6.45) is 2.32. The van der Waals surface area contributed by atoms with E-state index in [9.17, 15) is 14.7 Å². The fraction of sp³-hybridized carbons (Fsp3) is 0.317. The maximum Gasteiger partial charge on any atom is 0.326 e. The zero-order valence-electron chi connectivity index (χ0n) is 29.0. The number of hydrogen-bond acceptors (Lipinski definition) is 8. The quantitative estimate of drug-likeness (QED) is 0.172. The molecular weight excluding hydrogens is 656 g/mol. The Morgan fingerprint density at radius 1 is 0.885 bits per heavy atom. The first-order valence-corrected chi connectivity index (χ1v) is 17.9. The van der Waals surface area contributed by atoms with Crippen LogP contribution in [0, 0.1) is 5.92 Å². The van der Waals surface area contributed by atoms with E-state index in [4.69, 9.17) is 9.47 Å². The molecule has 4 atom stereocenters. The summed E-state index contributed by atoms with van der Waals surface area (Å²) in [5.41, 5.74) is 7.18. The SMILES string of the molecule is CC1C(CN2CCC(n3c(=O)[nH]c4ccccc43)CC2)OC(c2ccc(CNC(=O)c3cnc4ccccc4n3)cc2)OC1c1ccc(CO)cc1. The molecule has 0 aliphatic carbocycles. The van der Waals surface area contributed by atoms with E-state index in [1.54, 1.807) is 0 Å². The molecule has 2 fully saturated rings. The van der Waals surface area contributed by atoms with Crippen LogP contribution in [0.3, 0.4) is 0 Å². The van der Waals surface area contributed by atoms with Crippen molar-refractivity contribution in [2.75, 3.05) is 19.6 Å². The van der Waals surface area contributed by atoms with Crippen LogP contribution >= 0.6 is 0 Å². The van der Waals surface area contributed by atoms with Crippen LogP contribution < -0.4 is 11.0 Å². The van der Waals surface area contributed by atoms with Gasteiger partial charge in [-0.25, -0.2) is 9.78 Å². The predicted molar refractivity (Wildman–Crippen MR) is 197 cm³/mol. The minimum Gasteiger partial charge on any atom is -0.392 e. The summed E-state index contributed by atoms with van der Waals surface area (Å²) in [5.74, 6) is -0.233. The molecule has 1 amide bonds. The summed E-state index contributed by atoms with van der Waals surface area (Å²) in [4.78, 5) is 40.0. The Morgan fingerprint density at radius 2 is 1.58 bits per heavy atom. The highest BCUT2D eigenvalue weighted by molar-refractivity contribution is 5.93. The smallest absolute Gasteiger partial charge is 0.326 e. The molecule has 3 N–H and O–H groups in total. The number of carbonyl (C=O) groups excluding carboxylic acids is 1. The van der Waals surface area contributed by atoms with Gasteiger partial charge in [-0.3, -0.25) is 14.3 Å². The van der Waals surface area contributed by atoms with Gasteiger partial charge in [0.15, 0.2) is 6.29 Å². The Kier molecular flexibility index (Phi) is 9.66. The van der Waals surface area contributed by atoms with E-state index >= 15 is 0 Å². The predicted octanol–water partition coefficient (Wildman–Crippen LogP) is 5.82. The number of aliphatic hydroxyl groups excluding tert-OH is 1. The summed E-state index contributed by atoms with van der Waals surface area (Å²) < 4.78 is 15.4. The summed E-state index contributed by atoms with van der Waals surface area (Å²) >= 11 is 0. The van der Waals surface area contributed by atoms with Crippen LogP contribution in [0.4, 0.5) is 0 Å². The van der Waals surface area contributed by atoms with Crippen molar-refractivity contribution in [2.24, 2.45) is 5.92 Å². The van der Waals surface area contributed by atoms with Crippen LogP contribution in [0.1, 0.15) is 70.9 Å². The molecule has 266 valence electrons. The second kappa shape index (κ2) is 14.8. The Labute approximate surface area is 301 Å². The van der Waals surface area contributed by atoms with E-state index in [1.165, 1.54) is 6.20 Å². The summed E-state index contributed by atoms with van der Waals surface area (Å²) in [5, 5.41) is 12.6. The average molecular weight is 699 g/mol. The summed E-state index contributed by atoms with van der Waals surface area (Å²) in [7, 11) is 0. The van der Waals surface area contributed by atoms with Crippen molar-refractivity contribution in [2.45, 2.75) is 57.5 Å². The van der Waals surface area contributed by atoms with Gasteiger partial charge < -0.3 is 29.8 Å². The van der Waals surface area contributed by atoms with Crippen molar-refractivity contribution in [1.29, 1.82) is 0 Å². The third-order valence-corrected chi connectivity index (χ3v) is 10.5. The first-order valence-electron chi connectivity index (χ1n) is 17.9. The molecule has 4 aromatic carbocycles. The van der Waals surface area contributed by atoms with Gasteiger partial charge in [0, 0.05) is 43.7 Å². The van der Waals surface area contributed by atoms with Gasteiger partial charge in [-0.05, 0) is 53.8 Å². The molecule has 8 rings (SSSR count). The number of piperidine rings is 1. The summed E-state index contributed by atoms with van der Waals surface area (Å²) in [6.45, 7) is 4.95. The first kappa shape index (κ1) is 33.9. The largest absolute Gasteiger partial charge is 0.392 e. The van der Waals surface area contributed by atoms with E-state index in [-0.39, 0.29) is 48.1 Å². The lowest BCUT2D eigenvalue weighted by molar-refractivity contribution is -0.276. The van der Waals surface area contributed by atoms with Crippen LogP contribution in [0.5, 0.6) is 0 Å². The van der Waals surface area contributed by atoms with Crippen molar-refractivity contribution >= 4 is 28.0 Å². The fourth-order valence-corrected chi connectivity index (χ4v) is 7.51. The van der Waals surface area contributed by atoms with Crippen molar-refractivity contribution in [3.05, 3.63) is 142 Å². The normalized spacial score (nSPS) is 21.4. The highest BCUT2D eigenvalue weighted by Crippen LogP contribution is 2.42. The second-order valence-corrected chi connectivity index (χ2v) is 13.8. The molecule has 0 radical (unpaired) electrons. The lowest BCUT2D eigenvalue weighted by Gasteiger charge is -2.44. The molecule has 2 aliphatic rings. The highest BCUT2D eigenvalue weighted by atomic mass is 16.7. The molecule has 11 heteroatoms. The number of likely N-dealkylation sites (tertiary alicyclic amines) is 1. The van der Waals surface area contributed by atoms with Gasteiger partial charge >= 0.3 is 5.69 Å². The van der Waals surface area contributed by atoms with Gasteiger partial charge in [-0.1, -0.05) is 79.7 Å². The number of rotatable bonds is 9. The van der Waals surface area contributed by atoms with E-state index in [0.29, 0.717) is 12.1 Å². The van der Waals surface area contributed by atoms with Crippen LogP contribution in [0.15, 0.2) is 108 Å². The number of nitrogens with zero attached hydrogens (tertiary/aromatic N) is 4. The number of benzene rings is 4. The minimum atomic E-state index is -0.595. The van der Waals surface area contributed by atoms with Crippen LogP contribution in [-0.4, -0.2) is 61.2 Å². The molecule has 6 aromatic rings. The number of para-hydroxylation sites is 4. The topological polar surface area (TPSA) is 135 Å². The molecule has 52 heavy (non-hydrogen) atoms. The number of aromatic nitrogens is 4. The molecule has 2 aromatic heterocycles. The van der Waals surface area contributed by atoms with Gasteiger partial charge in [0.05, 0.1) is 47.1 Å². The number of nitrogens with one attached hydrogen (secondary N) is 2.